The molecule has 2 amide bonds. The molecule has 1 aliphatic heterocycles. The standard InChI is InChI=1S/C24H31N3O6S/c1-3-20(24(29)25-16-18-10-9-15-33-18)27(21-13-7-8-14-22(21)32-2)23(28)17-26-34(30,31)19-11-5-4-6-12-19/h4-8,11-14,18,20,26H,3,9-10,15-17H2,1-2H3,(H,25,29)/t18-,20+/m1/s1. The maximum Gasteiger partial charge on any atom is 0.243 e. The fourth-order valence-corrected chi connectivity index (χ4v) is 4.85. The van der Waals surface area contributed by atoms with Gasteiger partial charge in [0.25, 0.3) is 0 Å². The van der Waals surface area contributed by atoms with Crippen LogP contribution in [0.1, 0.15) is 26.2 Å². The van der Waals surface area contributed by atoms with E-state index in [4.69, 9.17) is 9.47 Å². The molecular formula is C24H31N3O6S. The van der Waals surface area contributed by atoms with E-state index in [0.717, 1.165) is 12.8 Å². The highest BCUT2D eigenvalue weighted by Crippen LogP contribution is 2.30. The number of rotatable bonds is 11. The molecule has 2 aromatic rings. The molecular weight excluding hydrogens is 458 g/mol. The van der Waals surface area contributed by atoms with Crippen LogP contribution in [0.3, 0.4) is 0 Å². The van der Waals surface area contributed by atoms with Crippen molar-refractivity contribution in [2.45, 2.75) is 43.2 Å². The number of carbonyl (C=O) groups excluding carboxylic acids is 2. The largest absolute Gasteiger partial charge is 0.495 e. The number of amides is 2. The predicted octanol–water partition coefficient (Wildman–Crippen LogP) is 2.08. The first-order chi connectivity index (χ1) is 16.4. The van der Waals surface area contributed by atoms with Gasteiger partial charge in [-0.05, 0) is 43.5 Å². The molecule has 1 fully saturated rings. The van der Waals surface area contributed by atoms with Gasteiger partial charge in [0.2, 0.25) is 21.8 Å². The summed E-state index contributed by atoms with van der Waals surface area (Å²) in [5.74, 6) is -0.529. The van der Waals surface area contributed by atoms with Crippen LogP contribution < -0.4 is 19.7 Å². The van der Waals surface area contributed by atoms with Crippen LogP contribution >= 0.6 is 0 Å². The van der Waals surface area contributed by atoms with Crippen molar-refractivity contribution in [1.29, 1.82) is 0 Å². The smallest absolute Gasteiger partial charge is 0.243 e. The minimum Gasteiger partial charge on any atom is -0.495 e. The Labute approximate surface area is 200 Å². The molecule has 0 spiro atoms. The summed E-state index contributed by atoms with van der Waals surface area (Å²) < 4.78 is 38.6. The van der Waals surface area contributed by atoms with Crippen molar-refractivity contribution in [2.75, 3.05) is 31.7 Å². The van der Waals surface area contributed by atoms with Crippen LogP contribution in [0, 0.1) is 0 Å². The van der Waals surface area contributed by atoms with Crippen molar-refractivity contribution in [3.8, 4) is 5.75 Å². The number of benzene rings is 2. The summed E-state index contributed by atoms with van der Waals surface area (Å²) >= 11 is 0. The fourth-order valence-electron chi connectivity index (χ4n) is 3.85. The number of hydrogen-bond acceptors (Lipinski definition) is 6. The Bertz CT molecular complexity index is 1070. The number of nitrogens with zero attached hydrogens (tertiary/aromatic N) is 1. The number of methoxy groups -OCH3 is 1. The van der Waals surface area contributed by atoms with E-state index in [0.29, 0.717) is 31.0 Å². The van der Waals surface area contributed by atoms with E-state index in [1.54, 1.807) is 49.4 Å². The molecule has 2 aromatic carbocycles. The first-order valence-electron chi connectivity index (χ1n) is 11.3. The van der Waals surface area contributed by atoms with Crippen LogP contribution in [0.2, 0.25) is 0 Å². The SMILES string of the molecule is CC[C@@H](C(=O)NC[C@H]1CCCO1)N(C(=O)CNS(=O)(=O)c1ccccc1)c1ccccc1OC. The van der Waals surface area contributed by atoms with Crippen LogP contribution in [0.4, 0.5) is 5.69 Å². The predicted molar refractivity (Wildman–Crippen MR) is 128 cm³/mol. The Morgan fingerprint density at radius 2 is 1.85 bits per heavy atom. The average molecular weight is 490 g/mol. The van der Waals surface area contributed by atoms with E-state index in [9.17, 15) is 18.0 Å². The highest BCUT2D eigenvalue weighted by Gasteiger charge is 2.32. The lowest BCUT2D eigenvalue weighted by Crippen LogP contribution is -2.53. The van der Waals surface area contributed by atoms with Gasteiger partial charge in [0, 0.05) is 13.2 Å². The third-order valence-corrected chi connectivity index (χ3v) is 7.03. The Balaban J connectivity index is 1.83. The Morgan fingerprint density at radius 3 is 2.50 bits per heavy atom. The first kappa shape index (κ1) is 25.7. The number of carbonyl (C=O) groups is 2. The molecule has 1 heterocycles. The Kier molecular flexibility index (Phi) is 9.03. The van der Waals surface area contributed by atoms with E-state index < -0.39 is 28.5 Å². The third kappa shape index (κ3) is 6.34. The van der Waals surface area contributed by atoms with E-state index in [1.165, 1.54) is 24.1 Å². The van der Waals surface area contributed by atoms with Crippen molar-refractivity contribution in [3.05, 3.63) is 54.6 Å². The fraction of sp³-hybridized carbons (Fsp3) is 0.417. The maximum atomic E-state index is 13.4. The number of nitrogens with one attached hydrogen (secondary N) is 2. The molecule has 0 unspecified atom stereocenters. The molecule has 3 rings (SSSR count). The van der Waals surface area contributed by atoms with E-state index in [1.807, 2.05) is 0 Å². The number of ether oxygens (including phenoxy) is 2. The normalized spacial score (nSPS) is 16.6. The van der Waals surface area contributed by atoms with Gasteiger partial charge in [0.15, 0.2) is 0 Å². The van der Waals surface area contributed by atoms with Crippen molar-refractivity contribution in [1.82, 2.24) is 10.0 Å². The van der Waals surface area contributed by atoms with E-state index >= 15 is 0 Å². The number of hydrogen-bond donors (Lipinski definition) is 2. The molecule has 184 valence electrons. The lowest BCUT2D eigenvalue weighted by Gasteiger charge is -2.31. The van der Waals surface area contributed by atoms with Crippen molar-refractivity contribution < 1.29 is 27.5 Å². The minimum atomic E-state index is -3.91. The molecule has 34 heavy (non-hydrogen) atoms. The van der Waals surface area contributed by atoms with Gasteiger partial charge < -0.3 is 14.8 Å². The molecule has 0 aromatic heterocycles. The van der Waals surface area contributed by atoms with Gasteiger partial charge in [-0.25, -0.2) is 13.1 Å². The highest BCUT2D eigenvalue weighted by atomic mass is 32.2. The number of para-hydroxylation sites is 2. The van der Waals surface area contributed by atoms with Gasteiger partial charge in [0.05, 0.1) is 30.3 Å². The highest BCUT2D eigenvalue weighted by molar-refractivity contribution is 7.89. The second-order valence-corrected chi connectivity index (χ2v) is 9.64. The van der Waals surface area contributed by atoms with E-state index in [2.05, 4.69) is 10.0 Å². The number of anilines is 1. The molecule has 0 radical (unpaired) electrons. The Hall–Kier alpha value is -2.95. The van der Waals surface area contributed by atoms with Crippen LogP contribution in [-0.4, -0.2) is 59.2 Å². The molecule has 0 aliphatic carbocycles. The van der Waals surface area contributed by atoms with Crippen molar-refractivity contribution in [3.63, 3.8) is 0 Å². The summed E-state index contributed by atoms with van der Waals surface area (Å²) in [5.41, 5.74) is 0.382. The molecule has 9 nitrogen and oxygen atoms in total. The molecule has 1 aliphatic rings. The van der Waals surface area contributed by atoms with Gasteiger partial charge in [-0.2, -0.15) is 0 Å². The van der Waals surface area contributed by atoms with Crippen LogP contribution in [-0.2, 0) is 24.3 Å². The zero-order chi connectivity index (χ0) is 24.6. The zero-order valence-corrected chi connectivity index (χ0v) is 20.2. The molecule has 1 saturated heterocycles. The molecule has 2 atom stereocenters. The molecule has 0 saturated carbocycles. The summed E-state index contributed by atoms with van der Waals surface area (Å²) in [6.45, 7) is 2.29. The topological polar surface area (TPSA) is 114 Å². The van der Waals surface area contributed by atoms with Crippen molar-refractivity contribution >= 4 is 27.5 Å². The van der Waals surface area contributed by atoms with Gasteiger partial charge in [-0.15, -0.1) is 0 Å². The van der Waals surface area contributed by atoms with Gasteiger partial charge in [0.1, 0.15) is 11.8 Å². The van der Waals surface area contributed by atoms with E-state index in [-0.39, 0.29) is 16.9 Å². The van der Waals surface area contributed by atoms with Crippen LogP contribution in [0.25, 0.3) is 0 Å². The molecule has 10 heteroatoms. The zero-order valence-electron chi connectivity index (χ0n) is 19.4. The maximum absolute atomic E-state index is 13.4. The minimum absolute atomic E-state index is 0.0467. The molecule has 2 N–H and O–H groups in total. The second kappa shape index (κ2) is 12.0. The average Bonchev–Trinajstić information content (AvgIpc) is 3.39. The molecule has 0 bridgehead atoms. The summed E-state index contributed by atoms with van der Waals surface area (Å²) in [6, 6.07) is 13.7. The quantitative estimate of drug-likeness (QED) is 0.500. The van der Waals surface area contributed by atoms with Crippen molar-refractivity contribution in [2.24, 2.45) is 0 Å². The van der Waals surface area contributed by atoms with Gasteiger partial charge in [-0.3, -0.25) is 14.5 Å². The summed E-state index contributed by atoms with van der Waals surface area (Å²) in [4.78, 5) is 27.9. The van der Waals surface area contributed by atoms with Crippen LogP contribution in [0.5, 0.6) is 5.75 Å². The first-order valence-corrected chi connectivity index (χ1v) is 12.7. The number of sulfonamides is 1. The third-order valence-electron chi connectivity index (χ3n) is 5.61. The van der Waals surface area contributed by atoms with Gasteiger partial charge in [-0.1, -0.05) is 37.3 Å². The second-order valence-electron chi connectivity index (χ2n) is 7.88. The summed E-state index contributed by atoms with van der Waals surface area (Å²) in [6.07, 6.45) is 2.08. The lowest BCUT2D eigenvalue weighted by atomic mass is 10.1. The summed E-state index contributed by atoms with van der Waals surface area (Å²) in [5, 5.41) is 2.88. The van der Waals surface area contributed by atoms with Crippen LogP contribution in [0.15, 0.2) is 59.5 Å². The monoisotopic (exact) mass is 489 g/mol. The van der Waals surface area contributed by atoms with Gasteiger partial charge >= 0.3 is 0 Å². The lowest BCUT2D eigenvalue weighted by molar-refractivity contribution is -0.126. The Morgan fingerprint density at radius 1 is 1.15 bits per heavy atom. The summed E-state index contributed by atoms with van der Waals surface area (Å²) in [7, 11) is -2.44.